The molecule has 3 aromatic rings. The van der Waals surface area contributed by atoms with Gasteiger partial charge in [-0.15, -0.1) is 0 Å². The van der Waals surface area contributed by atoms with Crippen LogP contribution >= 0.6 is 0 Å². The third-order valence-electron chi connectivity index (χ3n) is 4.34. The predicted octanol–water partition coefficient (Wildman–Crippen LogP) is 5.64. The maximum absolute atomic E-state index is 13.0. The molecule has 0 aromatic heterocycles. The highest BCUT2D eigenvalue weighted by molar-refractivity contribution is 6.05. The second-order valence-electron chi connectivity index (χ2n) is 6.35. The van der Waals surface area contributed by atoms with Crippen molar-refractivity contribution in [2.45, 2.75) is 13.1 Å². The summed E-state index contributed by atoms with van der Waals surface area (Å²) in [6.45, 7) is 1.30. The summed E-state index contributed by atoms with van der Waals surface area (Å²) in [4.78, 5) is 5.92. The van der Waals surface area contributed by atoms with Gasteiger partial charge >= 0.3 is 6.18 Å². The summed E-state index contributed by atoms with van der Waals surface area (Å²) < 4.78 is 38.9. The first-order chi connectivity index (χ1) is 13.8. The van der Waals surface area contributed by atoms with Crippen LogP contribution in [0, 0.1) is 0 Å². The zero-order chi connectivity index (χ0) is 21.0. The van der Waals surface area contributed by atoms with Gasteiger partial charge in [0.25, 0.3) is 0 Å². The summed E-state index contributed by atoms with van der Waals surface area (Å²) in [5.74, 6) is -0.0201. The van der Waals surface area contributed by atoms with Gasteiger partial charge in [0, 0.05) is 17.0 Å². The molecule has 0 aliphatic rings. The molecule has 0 saturated heterocycles. The van der Waals surface area contributed by atoms with E-state index in [9.17, 15) is 23.4 Å². The number of aliphatic imine (C=N–C) groups is 1. The molecule has 3 rings (SSSR count). The normalized spacial score (nSPS) is 12.1. The average molecular weight is 400 g/mol. The average Bonchev–Trinajstić information content (AvgIpc) is 2.70. The van der Waals surface area contributed by atoms with Gasteiger partial charge in [0.15, 0.2) is 0 Å². The van der Waals surface area contributed by atoms with Crippen LogP contribution in [0.15, 0.2) is 77.8 Å². The van der Waals surface area contributed by atoms with Crippen LogP contribution in [0.2, 0.25) is 0 Å². The molecule has 2 N–H and O–H groups in total. The van der Waals surface area contributed by atoms with Gasteiger partial charge in [-0.2, -0.15) is 13.2 Å². The Kier molecular flexibility index (Phi) is 5.89. The second-order valence-corrected chi connectivity index (χ2v) is 6.35. The zero-order valence-corrected chi connectivity index (χ0v) is 15.6. The fraction of sp³-hybridized carbons (Fsp3) is 0.136. The highest BCUT2D eigenvalue weighted by Gasteiger charge is 2.30. The number of hydrogen-bond donors (Lipinski definition) is 2. The first kappa shape index (κ1) is 20.4. The number of phenols is 1. The molecule has 0 amide bonds. The van der Waals surface area contributed by atoms with Crippen LogP contribution in [0.5, 0.6) is 5.75 Å². The topological polar surface area (TPSA) is 56.1 Å². The Morgan fingerprint density at radius 2 is 1.69 bits per heavy atom. The van der Waals surface area contributed by atoms with E-state index in [4.69, 9.17) is 0 Å². The summed E-state index contributed by atoms with van der Waals surface area (Å²) in [5.41, 5.74) is 1.51. The molecule has 0 radical (unpaired) electrons. The number of anilines is 2. The number of aliphatic hydroxyl groups is 1. The summed E-state index contributed by atoms with van der Waals surface area (Å²) in [7, 11) is 0. The van der Waals surface area contributed by atoms with E-state index < -0.39 is 11.7 Å². The van der Waals surface area contributed by atoms with Crippen LogP contribution in [0.1, 0.15) is 18.1 Å². The van der Waals surface area contributed by atoms with E-state index >= 15 is 0 Å². The van der Waals surface area contributed by atoms with Gasteiger partial charge in [-0.1, -0.05) is 24.3 Å². The number of halogens is 3. The van der Waals surface area contributed by atoms with Crippen LogP contribution in [-0.4, -0.2) is 22.7 Å². The molecule has 0 aliphatic heterocycles. The van der Waals surface area contributed by atoms with E-state index in [2.05, 4.69) is 4.99 Å². The Balaban J connectivity index is 2.07. The maximum Gasteiger partial charge on any atom is 0.416 e. The minimum Gasteiger partial charge on any atom is -0.508 e. The van der Waals surface area contributed by atoms with E-state index in [0.717, 1.165) is 12.1 Å². The summed E-state index contributed by atoms with van der Waals surface area (Å²) in [6, 6.07) is 18.4. The van der Waals surface area contributed by atoms with Crippen LogP contribution in [0.3, 0.4) is 0 Å². The number of phenolic OH excluding ortho intramolecular Hbond substituents is 1. The molecule has 0 heterocycles. The standard InChI is InChI=1S/C22H19F3N2O2/c1-15(26-17-7-5-6-16(12-17)22(23,24)25)20-13-19(29)10-11-21(20)27(14-28)18-8-3-2-4-9-18/h2-13,28-29H,14H2,1H3. The predicted molar refractivity (Wildman–Crippen MR) is 107 cm³/mol. The van der Waals surface area contributed by atoms with Crippen molar-refractivity contribution in [1.29, 1.82) is 0 Å². The number of para-hydroxylation sites is 1. The van der Waals surface area contributed by atoms with Gasteiger partial charge < -0.3 is 15.1 Å². The molecule has 0 unspecified atom stereocenters. The van der Waals surface area contributed by atoms with Crippen molar-refractivity contribution in [1.82, 2.24) is 0 Å². The van der Waals surface area contributed by atoms with Crippen molar-refractivity contribution in [2.75, 3.05) is 11.6 Å². The van der Waals surface area contributed by atoms with Crippen molar-refractivity contribution < 1.29 is 23.4 Å². The van der Waals surface area contributed by atoms with Gasteiger partial charge in [0.05, 0.1) is 16.9 Å². The lowest BCUT2D eigenvalue weighted by Crippen LogP contribution is -2.20. The first-order valence-corrected chi connectivity index (χ1v) is 8.79. The number of benzene rings is 3. The lowest BCUT2D eigenvalue weighted by atomic mass is 10.1. The van der Waals surface area contributed by atoms with Gasteiger partial charge in [0.2, 0.25) is 0 Å². The highest BCUT2D eigenvalue weighted by Crippen LogP contribution is 2.34. The van der Waals surface area contributed by atoms with E-state index in [1.807, 2.05) is 30.3 Å². The first-order valence-electron chi connectivity index (χ1n) is 8.79. The summed E-state index contributed by atoms with van der Waals surface area (Å²) >= 11 is 0. The smallest absolute Gasteiger partial charge is 0.416 e. The van der Waals surface area contributed by atoms with E-state index in [-0.39, 0.29) is 18.2 Å². The van der Waals surface area contributed by atoms with Crippen LogP contribution in [0.25, 0.3) is 0 Å². The number of alkyl halides is 3. The fourth-order valence-corrected chi connectivity index (χ4v) is 2.96. The Bertz CT molecular complexity index is 1020. The largest absolute Gasteiger partial charge is 0.508 e. The van der Waals surface area contributed by atoms with Crippen LogP contribution in [-0.2, 0) is 6.18 Å². The number of hydrogen-bond acceptors (Lipinski definition) is 4. The van der Waals surface area contributed by atoms with Crippen molar-refractivity contribution in [3.63, 3.8) is 0 Å². The molecular weight excluding hydrogens is 381 g/mol. The van der Waals surface area contributed by atoms with Crippen molar-refractivity contribution in [3.05, 3.63) is 83.9 Å². The zero-order valence-electron chi connectivity index (χ0n) is 15.6. The molecule has 0 atom stereocenters. The van der Waals surface area contributed by atoms with Crippen molar-refractivity contribution >= 4 is 22.8 Å². The number of nitrogens with zero attached hydrogens (tertiary/aromatic N) is 2. The fourth-order valence-electron chi connectivity index (χ4n) is 2.96. The molecular formula is C22H19F3N2O2. The Morgan fingerprint density at radius 3 is 2.34 bits per heavy atom. The quantitative estimate of drug-likeness (QED) is 0.430. The van der Waals surface area contributed by atoms with Crippen LogP contribution in [0.4, 0.5) is 30.2 Å². The minimum atomic E-state index is -4.46. The molecule has 0 fully saturated rings. The van der Waals surface area contributed by atoms with Gasteiger partial charge in [0.1, 0.15) is 12.5 Å². The maximum atomic E-state index is 13.0. The Hall–Kier alpha value is -3.32. The monoisotopic (exact) mass is 400 g/mol. The summed E-state index contributed by atoms with van der Waals surface area (Å²) in [6.07, 6.45) is -4.46. The molecule has 0 spiro atoms. The van der Waals surface area contributed by atoms with Gasteiger partial charge in [-0.25, -0.2) is 0 Å². The van der Waals surface area contributed by atoms with Gasteiger partial charge in [-0.05, 0) is 55.5 Å². The SMILES string of the molecule is CC(=Nc1cccc(C(F)(F)F)c1)c1cc(O)ccc1N(CO)c1ccccc1. The highest BCUT2D eigenvalue weighted by atomic mass is 19.4. The van der Waals surface area contributed by atoms with E-state index in [1.54, 1.807) is 17.9 Å². The molecule has 0 aliphatic carbocycles. The molecule has 0 bridgehead atoms. The number of aromatic hydroxyl groups is 1. The van der Waals surface area contributed by atoms with Crippen molar-refractivity contribution in [3.8, 4) is 5.75 Å². The number of aliphatic hydroxyl groups excluding tert-OH is 1. The van der Waals surface area contributed by atoms with E-state index in [1.165, 1.54) is 24.3 Å². The van der Waals surface area contributed by atoms with Gasteiger partial charge in [-0.3, -0.25) is 4.99 Å². The van der Waals surface area contributed by atoms with Crippen molar-refractivity contribution in [2.24, 2.45) is 4.99 Å². The molecule has 150 valence electrons. The molecule has 7 heteroatoms. The Morgan fingerprint density at radius 1 is 0.966 bits per heavy atom. The lowest BCUT2D eigenvalue weighted by Gasteiger charge is -2.25. The molecule has 29 heavy (non-hydrogen) atoms. The van der Waals surface area contributed by atoms with Crippen LogP contribution < -0.4 is 4.90 Å². The third-order valence-corrected chi connectivity index (χ3v) is 4.34. The Labute approximate surface area is 166 Å². The second kappa shape index (κ2) is 8.36. The molecule has 0 saturated carbocycles. The molecule has 3 aromatic carbocycles. The number of rotatable bonds is 5. The van der Waals surface area contributed by atoms with E-state index in [0.29, 0.717) is 22.6 Å². The third kappa shape index (κ3) is 4.75. The minimum absolute atomic E-state index is 0.0201. The summed E-state index contributed by atoms with van der Waals surface area (Å²) in [5, 5.41) is 19.9. The lowest BCUT2D eigenvalue weighted by molar-refractivity contribution is -0.137. The molecule has 4 nitrogen and oxygen atoms in total.